The number of carbonyl (C=O) groups excluding carboxylic acids is 3. The number of amides is 1. The van der Waals surface area contributed by atoms with E-state index < -0.39 is 29.7 Å². The summed E-state index contributed by atoms with van der Waals surface area (Å²) in [7, 11) is 0. The summed E-state index contributed by atoms with van der Waals surface area (Å²) in [6.45, 7) is 6.23. The number of carbonyl (C=O) groups is 3. The van der Waals surface area contributed by atoms with Gasteiger partial charge in [0.25, 0.3) is 0 Å². The Bertz CT molecular complexity index is 914. The van der Waals surface area contributed by atoms with Gasteiger partial charge < -0.3 is 19.5 Å². The first-order chi connectivity index (χ1) is 17.4. The van der Waals surface area contributed by atoms with Gasteiger partial charge in [0.1, 0.15) is 24.9 Å². The highest BCUT2D eigenvalue weighted by molar-refractivity contribution is 5.86. The molecule has 0 bridgehead atoms. The molecule has 2 rings (SSSR count). The fourth-order valence-electron chi connectivity index (χ4n) is 4.27. The second-order valence-electron chi connectivity index (χ2n) is 8.96. The second-order valence-corrected chi connectivity index (χ2v) is 8.96. The Morgan fingerprint density at radius 1 is 0.750 bits per heavy atom. The van der Waals surface area contributed by atoms with Crippen molar-refractivity contribution in [1.82, 2.24) is 5.32 Å². The zero-order valence-corrected chi connectivity index (χ0v) is 21.7. The van der Waals surface area contributed by atoms with Crippen LogP contribution in [0.1, 0.15) is 76.8 Å². The maximum Gasteiger partial charge on any atom is 0.408 e. The van der Waals surface area contributed by atoms with Crippen LogP contribution in [0.3, 0.4) is 0 Å². The van der Waals surface area contributed by atoms with Crippen molar-refractivity contribution in [2.45, 2.75) is 90.6 Å². The highest BCUT2D eigenvalue weighted by atomic mass is 16.6. The molecule has 1 N–H and O–H groups in total. The summed E-state index contributed by atoms with van der Waals surface area (Å²) in [5.41, 5.74) is 1.03. The Balaban J connectivity index is 2.08. The monoisotopic (exact) mass is 497 g/mol. The molecule has 0 unspecified atom stereocenters. The molecule has 0 spiro atoms. The van der Waals surface area contributed by atoms with Crippen LogP contribution in [0.5, 0.6) is 0 Å². The van der Waals surface area contributed by atoms with Crippen LogP contribution in [0.4, 0.5) is 4.79 Å². The van der Waals surface area contributed by atoms with Crippen molar-refractivity contribution < 1.29 is 28.6 Å². The van der Waals surface area contributed by atoms with E-state index >= 15 is 0 Å². The topological polar surface area (TPSA) is 90.9 Å². The molecule has 0 aliphatic heterocycles. The summed E-state index contributed by atoms with van der Waals surface area (Å²) in [4.78, 5) is 38.4. The first kappa shape index (κ1) is 28.9. The van der Waals surface area contributed by atoms with E-state index in [1.54, 1.807) is 0 Å². The third-order valence-electron chi connectivity index (χ3n) is 5.83. The molecular weight excluding hydrogens is 458 g/mol. The average molecular weight is 498 g/mol. The van der Waals surface area contributed by atoms with Gasteiger partial charge in [-0.15, -0.1) is 0 Å². The van der Waals surface area contributed by atoms with Crippen LogP contribution in [0.2, 0.25) is 0 Å². The molecule has 0 saturated carbocycles. The molecule has 0 fully saturated rings. The predicted molar refractivity (Wildman–Crippen MR) is 138 cm³/mol. The number of esters is 2. The molecule has 196 valence electrons. The van der Waals surface area contributed by atoms with Crippen molar-refractivity contribution in [2.24, 2.45) is 0 Å². The van der Waals surface area contributed by atoms with E-state index in [0.717, 1.165) is 49.7 Å². The van der Waals surface area contributed by atoms with Crippen molar-refractivity contribution in [2.75, 3.05) is 0 Å². The van der Waals surface area contributed by atoms with Crippen molar-refractivity contribution in [3.63, 3.8) is 0 Å². The zero-order valence-electron chi connectivity index (χ0n) is 21.7. The van der Waals surface area contributed by atoms with Gasteiger partial charge in [-0.05, 0) is 30.4 Å². The Morgan fingerprint density at radius 3 is 1.69 bits per heavy atom. The third kappa shape index (κ3) is 10.1. The molecule has 0 heterocycles. The Hall–Kier alpha value is -3.35. The quantitative estimate of drug-likeness (QED) is 0.236. The normalized spacial score (nSPS) is 11.9. The zero-order chi connectivity index (χ0) is 26.2. The Labute approximate surface area is 214 Å². The van der Waals surface area contributed by atoms with Gasteiger partial charge >= 0.3 is 18.0 Å². The van der Waals surface area contributed by atoms with Crippen molar-refractivity contribution in [1.29, 1.82) is 0 Å². The number of rotatable bonds is 15. The summed E-state index contributed by atoms with van der Waals surface area (Å²) in [5, 5.41) is 2.50. The fourth-order valence-corrected chi connectivity index (χ4v) is 4.27. The lowest BCUT2D eigenvalue weighted by molar-refractivity contribution is -0.166. The minimum Gasteiger partial charge on any atom is -0.459 e. The van der Waals surface area contributed by atoms with Crippen LogP contribution in [0, 0.1) is 0 Å². The molecular formula is C29H39NO6. The molecule has 0 aliphatic carbocycles. The van der Waals surface area contributed by atoms with E-state index in [1.807, 2.05) is 60.7 Å². The molecule has 2 aromatic carbocycles. The molecule has 1 atom stereocenters. The maximum atomic E-state index is 13.0. The lowest BCUT2D eigenvalue weighted by Gasteiger charge is -2.33. The van der Waals surface area contributed by atoms with Gasteiger partial charge in [-0.3, -0.25) is 4.79 Å². The average Bonchev–Trinajstić information content (AvgIpc) is 2.87. The van der Waals surface area contributed by atoms with Gasteiger partial charge in [0.2, 0.25) is 0 Å². The highest BCUT2D eigenvalue weighted by Gasteiger charge is 2.34. The first-order valence-electron chi connectivity index (χ1n) is 12.8. The van der Waals surface area contributed by atoms with Crippen LogP contribution < -0.4 is 5.32 Å². The van der Waals surface area contributed by atoms with Crippen LogP contribution in [0.25, 0.3) is 0 Å². The lowest BCUT2D eigenvalue weighted by Crippen LogP contribution is -2.45. The molecule has 0 radical (unpaired) electrons. The Kier molecular flexibility index (Phi) is 12.5. The molecule has 7 heteroatoms. The van der Waals surface area contributed by atoms with Gasteiger partial charge in [0.15, 0.2) is 0 Å². The number of alkyl carbamates (subject to hydrolysis) is 1. The molecule has 0 saturated heterocycles. The highest BCUT2D eigenvalue weighted by Crippen LogP contribution is 2.30. The molecule has 36 heavy (non-hydrogen) atoms. The predicted octanol–water partition coefficient (Wildman–Crippen LogP) is 6.10. The fraction of sp³-hybridized carbons (Fsp3) is 0.483. The maximum absolute atomic E-state index is 13.0. The van der Waals surface area contributed by atoms with Gasteiger partial charge in [-0.25, -0.2) is 9.59 Å². The first-order valence-corrected chi connectivity index (χ1v) is 12.8. The van der Waals surface area contributed by atoms with E-state index in [1.165, 1.54) is 0 Å². The summed E-state index contributed by atoms with van der Waals surface area (Å²) >= 11 is 0. The van der Waals surface area contributed by atoms with Crippen LogP contribution in [0.15, 0.2) is 60.7 Å². The van der Waals surface area contributed by atoms with Crippen molar-refractivity contribution >= 4 is 18.0 Å². The van der Waals surface area contributed by atoms with Crippen LogP contribution in [-0.2, 0) is 37.0 Å². The van der Waals surface area contributed by atoms with Gasteiger partial charge in [-0.1, -0.05) is 101 Å². The van der Waals surface area contributed by atoms with Gasteiger partial charge in [0.05, 0.1) is 6.42 Å². The number of nitrogens with one attached hydrogen (secondary N) is 1. The molecule has 0 aromatic heterocycles. The van der Waals surface area contributed by atoms with Gasteiger partial charge in [-0.2, -0.15) is 0 Å². The lowest BCUT2D eigenvalue weighted by atomic mass is 9.88. The number of hydrogen-bond acceptors (Lipinski definition) is 6. The van der Waals surface area contributed by atoms with E-state index in [9.17, 15) is 14.4 Å². The number of benzene rings is 2. The molecule has 1 amide bonds. The SMILES string of the molecule is CCCC(CCC)(CCC)OC(=O)C[C@H](NC(=O)OCc1ccccc1)C(=O)OCc1ccccc1. The minimum absolute atomic E-state index is 0.0252. The third-order valence-corrected chi connectivity index (χ3v) is 5.83. The van der Waals surface area contributed by atoms with Crippen LogP contribution >= 0.6 is 0 Å². The van der Waals surface area contributed by atoms with Crippen molar-refractivity contribution in [3.05, 3.63) is 71.8 Å². The largest absolute Gasteiger partial charge is 0.459 e. The standard InChI is InChI=1S/C29H39NO6/c1-4-17-29(18-5-2,19-6-3)36-26(31)20-25(27(32)34-21-23-13-9-7-10-14-23)30-28(33)35-22-24-15-11-8-12-16-24/h7-16,25H,4-6,17-22H2,1-3H3,(H,30,33)/t25-/m0/s1. The minimum atomic E-state index is -1.23. The number of hydrogen-bond donors (Lipinski definition) is 1. The van der Waals surface area contributed by atoms with E-state index in [4.69, 9.17) is 14.2 Å². The van der Waals surface area contributed by atoms with Gasteiger partial charge in [0, 0.05) is 0 Å². The summed E-state index contributed by atoms with van der Waals surface area (Å²) in [6, 6.07) is 17.2. The smallest absolute Gasteiger partial charge is 0.408 e. The number of ether oxygens (including phenoxy) is 3. The van der Waals surface area contributed by atoms with Crippen molar-refractivity contribution in [3.8, 4) is 0 Å². The summed E-state index contributed by atoms with van der Waals surface area (Å²) < 4.78 is 16.6. The van der Waals surface area contributed by atoms with Crippen LogP contribution in [-0.4, -0.2) is 29.7 Å². The van der Waals surface area contributed by atoms with E-state index in [-0.39, 0.29) is 19.6 Å². The molecule has 0 aliphatic rings. The summed E-state index contributed by atoms with van der Waals surface area (Å²) in [6.07, 6.45) is 3.71. The van der Waals surface area contributed by atoms with E-state index in [0.29, 0.717) is 0 Å². The molecule has 2 aromatic rings. The van der Waals surface area contributed by atoms with E-state index in [2.05, 4.69) is 26.1 Å². The molecule has 7 nitrogen and oxygen atoms in total. The second kappa shape index (κ2) is 15.6. The Morgan fingerprint density at radius 2 is 1.22 bits per heavy atom. The summed E-state index contributed by atoms with van der Waals surface area (Å²) in [5.74, 6) is -1.27.